The molecule has 53 nitrogen and oxygen atoms in total. The second-order valence-corrected chi connectivity index (χ2v) is 37.6. The first-order valence-corrected chi connectivity index (χ1v) is 50.6. The number of thiol groups is 2. The van der Waals surface area contributed by atoms with Crippen molar-refractivity contribution in [1.29, 1.82) is 0 Å². The maximum atomic E-state index is 14.6. The van der Waals surface area contributed by atoms with E-state index in [0.717, 1.165) is 0 Å². The molecule has 1 heterocycles. The van der Waals surface area contributed by atoms with Gasteiger partial charge in [0, 0.05) is 49.1 Å². The summed E-state index contributed by atoms with van der Waals surface area (Å²) in [5, 5.41) is 104. The van der Waals surface area contributed by atoms with Crippen molar-refractivity contribution in [2.45, 2.75) is 240 Å². The van der Waals surface area contributed by atoms with Gasteiger partial charge in [-0.2, -0.15) is 37.0 Å². The van der Waals surface area contributed by atoms with Crippen LogP contribution >= 0.6 is 37.0 Å². The van der Waals surface area contributed by atoms with Crippen molar-refractivity contribution in [3.63, 3.8) is 0 Å². The minimum atomic E-state index is -2.13. The van der Waals surface area contributed by atoms with Crippen molar-refractivity contribution in [2.75, 3.05) is 63.1 Å². The van der Waals surface area contributed by atoms with Gasteiger partial charge in [0.1, 0.15) is 115 Å². The van der Waals surface area contributed by atoms with Gasteiger partial charge in [0.15, 0.2) is 0 Å². The molecule has 21 amide bonds. The number of hydrogen-bond acceptors (Lipinski definition) is 33. The monoisotopic (exact) mass is 2160 g/mol. The highest BCUT2D eigenvalue weighted by Crippen LogP contribution is 2.18. The number of nitrogens with one attached hydrogen (secondary N) is 19. The van der Waals surface area contributed by atoms with Crippen molar-refractivity contribution in [3.05, 3.63) is 126 Å². The molecule has 1 aromatic heterocycles. The number of nitrogens with zero attached hydrogens (tertiary/aromatic N) is 1. The zero-order chi connectivity index (χ0) is 112. The number of imidazole rings is 1. The Bertz CT molecular complexity index is 5170. The van der Waals surface area contributed by atoms with Crippen LogP contribution in [0.4, 0.5) is 0 Å². The molecule has 0 fully saturated rings. The SMILES string of the molecule is CC[C@H](C)[C@H](NC(=O)[C@H](Cc1ccccc1)NC(=O)[C@H](CS)NC(=O)[C@H](CS)NC(=O)[C@@H](N)CO)C(=O)N[C@@H](CC(N)=O)C(=O)N[C@@H](CO)C(=O)N[C@@H](CC(N)=O)C(=O)N[C@@H](Cc1ccccc1)C(=O)N[C@@H](CO)C(=O)N[C@H](C(=O)N[C@@H](CCSC)C(=O)N[C@@H](CC(N)=O)C(=O)N[C@@H](Cc1cnc[nH]1)C(=O)N[C@@H](CO)C(=O)N[C@@H](CC(C)C)C(=O)N[C@@H](Cc1ccccc1)C(=O)N[C@@H](CCCCN)C(=O)N[C@@H](CO)C(=O)O)C(C)C. The molecule has 0 spiro atoms. The number of primary amides is 3. The van der Waals surface area contributed by atoms with Gasteiger partial charge in [-0.3, -0.25) is 101 Å². The largest absolute Gasteiger partial charge is 0.480 e. The number of nitrogens with two attached hydrogens (primary N) is 5. The molecule has 20 atom stereocenters. The third-order valence-electron chi connectivity index (χ3n) is 23.1. The van der Waals surface area contributed by atoms with Crippen molar-refractivity contribution in [3.8, 4) is 0 Å². The summed E-state index contributed by atoms with van der Waals surface area (Å²) >= 11 is 9.49. The normalized spacial score (nSPS) is 15.2. The van der Waals surface area contributed by atoms with E-state index in [0.29, 0.717) is 23.1 Å². The summed E-state index contributed by atoms with van der Waals surface area (Å²) in [6.07, 6.45) is 0.0817. The second kappa shape index (κ2) is 67.1. The van der Waals surface area contributed by atoms with Crippen LogP contribution in [0, 0.1) is 17.8 Å². The molecule has 0 aliphatic rings. The Morgan fingerprint density at radius 3 is 0.993 bits per heavy atom. The molecule has 35 N–H and O–H groups in total. The van der Waals surface area contributed by atoms with Crippen LogP contribution in [0.25, 0.3) is 0 Å². The van der Waals surface area contributed by atoms with E-state index >= 15 is 0 Å². The Balaban J connectivity index is 1.57. The third-order valence-corrected chi connectivity index (χ3v) is 24.5. The summed E-state index contributed by atoms with van der Waals surface area (Å²) in [7, 11) is 0. The van der Waals surface area contributed by atoms with Crippen molar-refractivity contribution >= 4 is 167 Å². The minimum absolute atomic E-state index is 0.0556. The average molecular weight is 2170 g/mol. The number of thioether (sulfide) groups is 1. The summed E-state index contributed by atoms with van der Waals surface area (Å²) < 4.78 is 0. The number of H-pyrrole nitrogens is 1. The first-order valence-electron chi connectivity index (χ1n) is 48.0. The van der Waals surface area contributed by atoms with Gasteiger partial charge in [0.05, 0.1) is 58.6 Å². The Kier molecular flexibility index (Phi) is 57.4. The number of rotatable bonds is 70. The zero-order valence-electron chi connectivity index (χ0n) is 83.9. The molecule has 828 valence electrons. The Labute approximate surface area is 879 Å². The van der Waals surface area contributed by atoms with Crippen LogP contribution in [0.5, 0.6) is 0 Å². The number of unbranched alkanes of at least 4 members (excludes halogenated alkanes) is 1. The standard InChI is InChI=1S/C94H141N25O28S3/c1-8-49(6)75(119-86(138)60(33-52-24-16-11-17-25-52)107-90(142)70(45-149)117-91(143)69(44-148)116-76(128)54(96)39-120)93(145)111-64(37-73(99)127)85(137)113-66(41-122)88(140)110-63(36-72(98)126)83(135)106-59(32-51-22-14-10-15-23-51)81(133)114-67(42-123)89(141)118-74(48(4)5)92(144)103-56(27-29-150-7)78(130)109-62(35-71(97)125)84(136)108-61(34-53-38-100-46-101-53)82(134)112-65(40-121)87(139)104-57(30-47(2)3)79(131)105-58(31-50-20-12-9-13-21-50)80(132)102-55(26-18-19-28-95)77(129)115-68(43-124)94(146)147/h9-17,20-25,38,46-49,54-70,74-75,120-124,148-149H,8,18-19,26-37,39-45,95-96H2,1-7H3,(H2,97,125)(H2,98,126)(H2,99,127)(H,100,101)(H,102,132)(H,103,144)(H,104,139)(H,105,131)(H,106,135)(H,107,142)(H,108,136)(H,109,130)(H,110,140)(H,111,145)(H,112,134)(H,113,137)(H,114,133)(H,115,129)(H,116,128)(H,117,143)(H,118,141)(H,119,138)(H,146,147)/t49-,54-,55-,56-,57-,58-,59-,60-,61-,62-,63-,64-,65-,66-,67-,68-,69-,70-,74-,75-/m0/s1. The van der Waals surface area contributed by atoms with Gasteiger partial charge in [-0.05, 0) is 85.1 Å². The van der Waals surface area contributed by atoms with E-state index in [-0.39, 0.29) is 80.4 Å². The number of carboxylic acid groups (broad SMARTS) is 1. The quantitative estimate of drug-likeness (QED) is 0.0144. The topological polar surface area (TPSA) is 872 Å². The van der Waals surface area contributed by atoms with Crippen LogP contribution in [-0.2, 0) is 131 Å². The van der Waals surface area contributed by atoms with Crippen LogP contribution < -0.4 is 124 Å². The number of aliphatic hydroxyl groups is 5. The maximum Gasteiger partial charge on any atom is 0.328 e. The molecular weight excluding hydrogens is 2020 g/mol. The van der Waals surface area contributed by atoms with E-state index in [1.807, 2.05) is 0 Å². The van der Waals surface area contributed by atoms with Gasteiger partial charge in [0.2, 0.25) is 124 Å². The number of aromatic nitrogens is 2. The third kappa shape index (κ3) is 44.8. The number of aliphatic carboxylic acids is 1. The molecule has 4 rings (SSSR count). The number of aromatic amines is 1. The fourth-order valence-corrected chi connectivity index (χ4v) is 15.5. The minimum Gasteiger partial charge on any atom is -0.480 e. The van der Waals surface area contributed by atoms with E-state index in [1.54, 1.807) is 93.8 Å². The highest BCUT2D eigenvalue weighted by molar-refractivity contribution is 7.98. The fourth-order valence-electron chi connectivity index (χ4n) is 14.5. The average Bonchev–Trinajstić information content (AvgIpc) is 1.37. The summed E-state index contributed by atoms with van der Waals surface area (Å²) in [4.78, 5) is 312. The predicted molar refractivity (Wildman–Crippen MR) is 547 cm³/mol. The number of carbonyl (C=O) groups excluding carboxylic acids is 21. The smallest absolute Gasteiger partial charge is 0.328 e. The van der Waals surface area contributed by atoms with E-state index in [9.17, 15) is 136 Å². The van der Waals surface area contributed by atoms with E-state index < -0.39 is 322 Å². The maximum absolute atomic E-state index is 14.6. The molecule has 0 unspecified atom stereocenters. The predicted octanol–water partition coefficient (Wildman–Crippen LogP) is -11.1. The van der Waals surface area contributed by atoms with Crippen LogP contribution in [0.3, 0.4) is 0 Å². The molecule has 0 saturated carbocycles. The van der Waals surface area contributed by atoms with E-state index in [2.05, 4.69) is 131 Å². The van der Waals surface area contributed by atoms with Gasteiger partial charge in [-0.15, -0.1) is 0 Å². The first-order chi connectivity index (χ1) is 71.1. The summed E-state index contributed by atoms with van der Waals surface area (Å²) in [6, 6.07) is -8.49. The lowest BCUT2D eigenvalue weighted by Gasteiger charge is -2.29. The number of amides is 21. The van der Waals surface area contributed by atoms with Crippen molar-refractivity contribution in [1.82, 2.24) is 106 Å². The number of benzene rings is 3. The van der Waals surface area contributed by atoms with Crippen molar-refractivity contribution < 1.29 is 136 Å². The zero-order valence-corrected chi connectivity index (χ0v) is 86.5. The van der Waals surface area contributed by atoms with E-state index in [4.69, 9.17) is 28.7 Å². The van der Waals surface area contributed by atoms with Gasteiger partial charge in [-0.25, -0.2) is 9.78 Å². The first kappa shape index (κ1) is 128. The molecule has 0 aliphatic heterocycles. The number of hydrogen-bond donors (Lipinski definition) is 32. The molecule has 0 bridgehead atoms. The molecule has 56 heteroatoms. The van der Waals surface area contributed by atoms with Gasteiger partial charge in [0.25, 0.3) is 0 Å². The van der Waals surface area contributed by atoms with Crippen molar-refractivity contribution in [2.24, 2.45) is 46.4 Å². The molecule has 4 aromatic rings. The highest BCUT2D eigenvalue weighted by atomic mass is 32.2. The molecule has 3 aromatic carbocycles. The Morgan fingerprint density at radius 1 is 0.353 bits per heavy atom. The lowest BCUT2D eigenvalue weighted by Crippen LogP contribution is -2.63. The lowest BCUT2D eigenvalue weighted by molar-refractivity contribution is -0.143. The number of aliphatic hydroxyl groups excluding tert-OH is 5. The highest BCUT2D eigenvalue weighted by Gasteiger charge is 2.42. The molecular formula is C94H141N25O28S3. The summed E-state index contributed by atoms with van der Waals surface area (Å²) in [5.74, 6) is -28.2. The number of carboxylic acids is 1. The van der Waals surface area contributed by atoms with Crippen LogP contribution in [0.1, 0.15) is 122 Å². The Hall–Kier alpha value is -14.0. The Morgan fingerprint density at radius 2 is 0.647 bits per heavy atom. The molecule has 150 heavy (non-hydrogen) atoms. The van der Waals surface area contributed by atoms with Gasteiger partial charge in [-0.1, -0.05) is 139 Å². The summed E-state index contributed by atoms with van der Waals surface area (Å²) in [5.41, 5.74) is 29.5. The molecule has 0 aliphatic carbocycles. The van der Waals surface area contributed by atoms with Crippen LogP contribution in [-0.4, -0.2) is 349 Å². The van der Waals surface area contributed by atoms with Gasteiger partial charge >= 0.3 is 5.97 Å². The second-order valence-electron chi connectivity index (χ2n) is 35.9. The fraction of sp³-hybridized carbons (Fsp3) is 0.543. The molecule has 0 radical (unpaired) electrons. The summed E-state index contributed by atoms with van der Waals surface area (Å²) in [6.45, 7) is 4.15. The van der Waals surface area contributed by atoms with E-state index in [1.165, 1.54) is 69.3 Å². The van der Waals surface area contributed by atoms with Crippen LogP contribution in [0.2, 0.25) is 0 Å². The van der Waals surface area contributed by atoms with Gasteiger partial charge < -0.3 is 160 Å². The molecule has 0 saturated heterocycles. The lowest BCUT2D eigenvalue weighted by atomic mass is 9.96. The van der Waals surface area contributed by atoms with Crippen LogP contribution in [0.15, 0.2) is 104 Å². The number of carbonyl (C=O) groups is 22.